The van der Waals surface area contributed by atoms with Crippen LogP contribution in [0.4, 0.5) is 0 Å². The van der Waals surface area contributed by atoms with Gasteiger partial charge in [-0.05, 0) is 25.7 Å². The Bertz CT molecular complexity index is 115. The van der Waals surface area contributed by atoms with Gasteiger partial charge in [0, 0.05) is 12.6 Å². The maximum atomic E-state index is 5.39. The monoisotopic (exact) mass is 172 g/mol. The van der Waals surface area contributed by atoms with Gasteiger partial charge in [0.15, 0.2) is 0 Å². The van der Waals surface area contributed by atoms with Crippen LogP contribution in [0.2, 0.25) is 0 Å². The lowest BCUT2D eigenvalue weighted by Crippen LogP contribution is -2.38. The first kappa shape index (κ1) is 9.96. The number of hydrogen-bond donors (Lipinski definition) is 2. The molecule has 0 spiro atoms. The van der Waals surface area contributed by atoms with E-state index in [0.29, 0.717) is 6.04 Å². The van der Waals surface area contributed by atoms with Crippen molar-refractivity contribution < 1.29 is 4.74 Å². The summed E-state index contributed by atoms with van der Waals surface area (Å²) in [7, 11) is 0. The number of nitrogens with one attached hydrogen (secondary N) is 1. The van der Waals surface area contributed by atoms with E-state index in [0.717, 1.165) is 25.6 Å². The molecule has 1 fully saturated rings. The number of hydrazine groups is 1. The van der Waals surface area contributed by atoms with Crippen molar-refractivity contribution in [2.24, 2.45) is 11.8 Å². The summed E-state index contributed by atoms with van der Waals surface area (Å²) in [4.78, 5) is 0. The number of nitrogens with two attached hydrogens (primary N) is 1. The van der Waals surface area contributed by atoms with Crippen LogP contribution in [0.1, 0.15) is 32.6 Å². The van der Waals surface area contributed by atoms with E-state index in [1.807, 2.05) is 6.92 Å². The van der Waals surface area contributed by atoms with E-state index in [2.05, 4.69) is 5.43 Å². The lowest BCUT2D eigenvalue weighted by atomic mass is 10.1. The molecule has 0 heterocycles. The largest absolute Gasteiger partial charge is 0.380 e. The number of ether oxygens (including phenoxy) is 1. The van der Waals surface area contributed by atoms with Gasteiger partial charge >= 0.3 is 0 Å². The molecule has 3 heteroatoms. The second kappa shape index (κ2) is 5.51. The van der Waals surface area contributed by atoms with Gasteiger partial charge in [0.2, 0.25) is 0 Å². The van der Waals surface area contributed by atoms with Gasteiger partial charge in [-0.15, -0.1) is 0 Å². The predicted octanol–water partition coefficient (Wildman–Crippen LogP) is 1.04. The van der Waals surface area contributed by atoms with Crippen LogP contribution >= 0.6 is 0 Å². The Hall–Kier alpha value is -0.120. The lowest BCUT2D eigenvalue weighted by molar-refractivity contribution is 0.119. The van der Waals surface area contributed by atoms with Crippen molar-refractivity contribution in [3.63, 3.8) is 0 Å². The van der Waals surface area contributed by atoms with Crippen molar-refractivity contribution in [3.05, 3.63) is 0 Å². The smallest absolute Gasteiger partial charge is 0.0632 e. The molecule has 1 aliphatic carbocycles. The molecule has 0 aliphatic heterocycles. The molecule has 0 bridgehead atoms. The first-order valence-electron chi connectivity index (χ1n) is 4.90. The highest BCUT2D eigenvalue weighted by atomic mass is 16.5. The minimum Gasteiger partial charge on any atom is -0.380 e. The topological polar surface area (TPSA) is 47.3 Å². The van der Waals surface area contributed by atoms with Crippen LogP contribution in [0.15, 0.2) is 0 Å². The third-order valence-corrected chi connectivity index (χ3v) is 2.38. The van der Waals surface area contributed by atoms with Crippen LogP contribution in [0.25, 0.3) is 0 Å². The number of hydrogen-bond acceptors (Lipinski definition) is 3. The van der Waals surface area contributed by atoms with Crippen LogP contribution in [-0.2, 0) is 4.74 Å². The maximum absolute atomic E-state index is 5.39. The minimum absolute atomic E-state index is 0.352. The summed E-state index contributed by atoms with van der Waals surface area (Å²) in [6.07, 6.45) is 5.31. The fourth-order valence-electron chi connectivity index (χ4n) is 1.32. The van der Waals surface area contributed by atoms with Crippen LogP contribution in [0, 0.1) is 5.92 Å². The molecule has 3 N–H and O–H groups in total. The lowest BCUT2D eigenvalue weighted by Gasteiger charge is -2.14. The van der Waals surface area contributed by atoms with E-state index in [9.17, 15) is 0 Å². The Labute approximate surface area is 74.6 Å². The van der Waals surface area contributed by atoms with Gasteiger partial charge in [-0.1, -0.05) is 12.8 Å². The average molecular weight is 172 g/mol. The highest BCUT2D eigenvalue weighted by molar-refractivity contribution is 4.75. The summed E-state index contributed by atoms with van der Waals surface area (Å²) in [5.41, 5.74) is 2.80. The number of rotatable bonds is 7. The molecule has 72 valence electrons. The zero-order valence-electron chi connectivity index (χ0n) is 7.88. The summed E-state index contributed by atoms with van der Waals surface area (Å²) < 4.78 is 5.30. The van der Waals surface area contributed by atoms with Gasteiger partial charge in [0.05, 0.1) is 6.61 Å². The summed E-state index contributed by atoms with van der Waals surface area (Å²) in [5.74, 6) is 6.38. The zero-order valence-corrected chi connectivity index (χ0v) is 7.88. The fraction of sp³-hybridized carbons (Fsp3) is 1.00. The highest BCUT2D eigenvalue weighted by Gasteiger charge is 2.22. The molecule has 0 radical (unpaired) electrons. The third-order valence-electron chi connectivity index (χ3n) is 2.38. The second-order valence-electron chi connectivity index (χ2n) is 3.54. The molecule has 0 saturated heterocycles. The molecule has 1 aliphatic rings. The Balaban J connectivity index is 1.98. The van der Waals surface area contributed by atoms with Gasteiger partial charge < -0.3 is 4.74 Å². The van der Waals surface area contributed by atoms with Crippen molar-refractivity contribution >= 4 is 0 Å². The van der Waals surface area contributed by atoms with E-state index in [1.165, 1.54) is 19.3 Å². The zero-order chi connectivity index (χ0) is 8.81. The Morgan fingerprint density at radius 2 is 2.33 bits per heavy atom. The molecular weight excluding hydrogens is 152 g/mol. The van der Waals surface area contributed by atoms with Crippen LogP contribution in [0.5, 0.6) is 0 Å². The van der Waals surface area contributed by atoms with Gasteiger partial charge in [0.25, 0.3) is 0 Å². The van der Waals surface area contributed by atoms with Gasteiger partial charge in [-0.25, -0.2) is 0 Å². The fourth-order valence-corrected chi connectivity index (χ4v) is 1.32. The maximum Gasteiger partial charge on any atom is 0.0632 e. The van der Waals surface area contributed by atoms with Crippen molar-refractivity contribution in [2.45, 2.75) is 38.6 Å². The quantitative estimate of drug-likeness (QED) is 0.445. The van der Waals surface area contributed by atoms with Gasteiger partial charge in [-0.2, -0.15) is 0 Å². The molecule has 0 aromatic heterocycles. The molecule has 0 aromatic rings. The second-order valence-corrected chi connectivity index (χ2v) is 3.54. The van der Waals surface area contributed by atoms with Crippen molar-refractivity contribution in [1.29, 1.82) is 0 Å². The van der Waals surface area contributed by atoms with Crippen molar-refractivity contribution in [3.8, 4) is 0 Å². The Morgan fingerprint density at radius 1 is 1.58 bits per heavy atom. The summed E-state index contributed by atoms with van der Waals surface area (Å²) in [6, 6.07) is 0.352. The standard InChI is InChI=1S/C9H20N2O/c1-2-12-7-9(11-10)6-5-8-3-4-8/h8-9,11H,2-7,10H2,1H3. The molecule has 1 atom stereocenters. The summed E-state index contributed by atoms with van der Waals surface area (Å²) in [5, 5.41) is 0. The summed E-state index contributed by atoms with van der Waals surface area (Å²) >= 11 is 0. The van der Waals surface area contributed by atoms with E-state index < -0.39 is 0 Å². The Kier molecular flexibility index (Phi) is 4.58. The van der Waals surface area contributed by atoms with Crippen LogP contribution in [0.3, 0.4) is 0 Å². The molecular formula is C9H20N2O. The highest BCUT2D eigenvalue weighted by Crippen LogP contribution is 2.33. The van der Waals surface area contributed by atoms with Crippen molar-refractivity contribution in [2.75, 3.05) is 13.2 Å². The molecule has 3 nitrogen and oxygen atoms in total. The minimum atomic E-state index is 0.352. The van der Waals surface area contributed by atoms with Crippen LogP contribution in [-0.4, -0.2) is 19.3 Å². The molecule has 1 rings (SSSR count). The Morgan fingerprint density at radius 3 is 2.83 bits per heavy atom. The first-order chi connectivity index (χ1) is 5.86. The van der Waals surface area contributed by atoms with E-state index in [-0.39, 0.29) is 0 Å². The van der Waals surface area contributed by atoms with E-state index in [4.69, 9.17) is 10.6 Å². The molecule has 12 heavy (non-hydrogen) atoms. The third kappa shape index (κ3) is 4.04. The normalized spacial score (nSPS) is 19.5. The average Bonchev–Trinajstić information content (AvgIpc) is 2.89. The SMILES string of the molecule is CCOCC(CCC1CC1)NN. The molecule has 1 unspecified atom stereocenters. The predicted molar refractivity (Wildman–Crippen MR) is 49.6 cm³/mol. The summed E-state index contributed by atoms with van der Waals surface area (Å²) in [6.45, 7) is 3.54. The molecule has 0 amide bonds. The van der Waals surface area contributed by atoms with Crippen molar-refractivity contribution in [1.82, 2.24) is 5.43 Å². The van der Waals surface area contributed by atoms with Crippen LogP contribution < -0.4 is 11.3 Å². The first-order valence-corrected chi connectivity index (χ1v) is 4.90. The van der Waals surface area contributed by atoms with Gasteiger partial charge in [0.1, 0.15) is 0 Å². The van der Waals surface area contributed by atoms with E-state index >= 15 is 0 Å². The van der Waals surface area contributed by atoms with Gasteiger partial charge in [-0.3, -0.25) is 11.3 Å². The molecule has 0 aromatic carbocycles. The molecule has 1 saturated carbocycles. The van der Waals surface area contributed by atoms with E-state index in [1.54, 1.807) is 0 Å².